The van der Waals surface area contributed by atoms with Crippen LogP contribution < -0.4 is 10.1 Å². The minimum atomic E-state index is -4.19. The van der Waals surface area contributed by atoms with Gasteiger partial charge in [0.05, 0.1) is 6.61 Å². The van der Waals surface area contributed by atoms with Gasteiger partial charge in [-0.2, -0.15) is 13.2 Å². The Balaban J connectivity index is 0.00000300. The van der Waals surface area contributed by atoms with E-state index in [1.54, 1.807) is 13.2 Å². The molecule has 1 unspecified atom stereocenters. The molecule has 3 rings (SSSR count). The minimum absolute atomic E-state index is 0. The zero-order chi connectivity index (χ0) is 20.1. The van der Waals surface area contributed by atoms with Gasteiger partial charge in [-0.05, 0) is 31.2 Å². The summed E-state index contributed by atoms with van der Waals surface area (Å²) in [6.07, 6.45) is 0.0596. The average Bonchev–Trinajstić information content (AvgIpc) is 3.51. The molecule has 2 heterocycles. The summed E-state index contributed by atoms with van der Waals surface area (Å²) in [5, 5.41) is 3.26. The summed E-state index contributed by atoms with van der Waals surface area (Å²) in [6, 6.07) is 2.40. The van der Waals surface area contributed by atoms with Gasteiger partial charge in [-0.15, -0.1) is 24.0 Å². The summed E-state index contributed by atoms with van der Waals surface area (Å²) >= 11 is 0. The van der Waals surface area contributed by atoms with Crippen LogP contribution in [0.2, 0.25) is 0 Å². The molecule has 0 radical (unpaired) electrons. The number of hydrogen-bond donors (Lipinski definition) is 1. The number of aromatic nitrogens is 1. The molecule has 1 aromatic heterocycles. The number of halogens is 4. The second-order valence-electron chi connectivity index (χ2n) is 7.40. The summed E-state index contributed by atoms with van der Waals surface area (Å²) in [5.41, 5.74) is 0.990. The molecule has 1 aliphatic heterocycles. The van der Waals surface area contributed by atoms with Gasteiger partial charge >= 0.3 is 6.18 Å². The van der Waals surface area contributed by atoms with Gasteiger partial charge in [-0.3, -0.25) is 9.89 Å². The minimum Gasteiger partial charge on any atom is -0.477 e. The van der Waals surface area contributed by atoms with E-state index in [9.17, 15) is 13.2 Å². The van der Waals surface area contributed by atoms with Crippen LogP contribution in [0.1, 0.15) is 25.3 Å². The SMILES string of the molecule is CN=C(NCc1ccc(OCC2CC2)nc1)N1CCN(C(C)C(F)(F)F)CC1.I. The van der Waals surface area contributed by atoms with Crippen LogP contribution in [0, 0.1) is 5.92 Å². The highest BCUT2D eigenvalue weighted by molar-refractivity contribution is 14.0. The number of rotatable bonds is 6. The van der Waals surface area contributed by atoms with E-state index in [1.165, 1.54) is 24.7 Å². The number of nitrogens with zero attached hydrogens (tertiary/aromatic N) is 4. The maximum atomic E-state index is 12.9. The molecule has 1 saturated carbocycles. The maximum Gasteiger partial charge on any atom is 0.403 e. The molecule has 10 heteroatoms. The lowest BCUT2D eigenvalue weighted by molar-refractivity contribution is -0.181. The molecule has 2 fully saturated rings. The van der Waals surface area contributed by atoms with Gasteiger partial charge < -0.3 is 15.0 Å². The van der Waals surface area contributed by atoms with Crippen molar-refractivity contribution in [1.29, 1.82) is 0 Å². The van der Waals surface area contributed by atoms with Crippen LogP contribution in [0.3, 0.4) is 0 Å². The van der Waals surface area contributed by atoms with Crippen LogP contribution in [0.4, 0.5) is 13.2 Å². The quantitative estimate of drug-likeness (QED) is 0.350. The third-order valence-electron chi connectivity index (χ3n) is 5.26. The largest absolute Gasteiger partial charge is 0.477 e. The Morgan fingerprint density at radius 3 is 2.48 bits per heavy atom. The third-order valence-corrected chi connectivity index (χ3v) is 5.26. The van der Waals surface area contributed by atoms with Gasteiger partial charge in [0, 0.05) is 52.0 Å². The molecule has 1 aliphatic carbocycles. The predicted molar refractivity (Wildman–Crippen MR) is 117 cm³/mol. The van der Waals surface area contributed by atoms with E-state index in [-0.39, 0.29) is 24.0 Å². The molecule has 0 spiro atoms. The van der Waals surface area contributed by atoms with Crippen molar-refractivity contribution in [2.45, 2.75) is 38.5 Å². The molecule has 1 N–H and O–H groups in total. The topological polar surface area (TPSA) is 53.0 Å². The van der Waals surface area contributed by atoms with Crippen LogP contribution in [-0.4, -0.2) is 72.8 Å². The van der Waals surface area contributed by atoms with E-state index in [4.69, 9.17) is 4.74 Å². The smallest absolute Gasteiger partial charge is 0.403 e. The first-order valence-electron chi connectivity index (χ1n) is 9.71. The number of alkyl halides is 3. The molecule has 1 saturated heterocycles. The lowest BCUT2D eigenvalue weighted by Crippen LogP contribution is -2.56. The first-order valence-corrected chi connectivity index (χ1v) is 9.71. The zero-order valence-electron chi connectivity index (χ0n) is 16.8. The molecule has 29 heavy (non-hydrogen) atoms. The summed E-state index contributed by atoms with van der Waals surface area (Å²) in [4.78, 5) is 12.0. The Hall–Kier alpha value is -1.30. The third kappa shape index (κ3) is 7.16. The second kappa shape index (κ2) is 10.6. The molecule has 1 atom stereocenters. The summed E-state index contributed by atoms with van der Waals surface area (Å²) in [5.74, 6) is 2.01. The summed E-state index contributed by atoms with van der Waals surface area (Å²) in [7, 11) is 1.68. The normalized spacial score (nSPS) is 19.5. The van der Waals surface area contributed by atoms with Gasteiger partial charge in [0.2, 0.25) is 5.88 Å². The summed E-state index contributed by atoms with van der Waals surface area (Å²) < 4.78 is 44.3. The number of piperazine rings is 1. The van der Waals surface area contributed by atoms with Gasteiger partial charge in [0.15, 0.2) is 5.96 Å². The van der Waals surface area contributed by atoms with Gasteiger partial charge in [-0.25, -0.2) is 4.98 Å². The molecule has 0 aromatic carbocycles. The Bertz CT molecular complexity index is 659. The monoisotopic (exact) mass is 527 g/mol. The van der Waals surface area contributed by atoms with Crippen molar-refractivity contribution in [3.63, 3.8) is 0 Å². The van der Waals surface area contributed by atoms with Crippen molar-refractivity contribution in [2.24, 2.45) is 10.9 Å². The highest BCUT2D eigenvalue weighted by Gasteiger charge is 2.41. The molecule has 0 bridgehead atoms. The molecular weight excluding hydrogens is 498 g/mol. The van der Waals surface area contributed by atoms with Gasteiger partial charge in [0.1, 0.15) is 6.04 Å². The molecular formula is C19H29F3IN5O. The van der Waals surface area contributed by atoms with Crippen molar-refractivity contribution in [3.05, 3.63) is 23.9 Å². The van der Waals surface area contributed by atoms with Gasteiger partial charge in [0.25, 0.3) is 0 Å². The Labute approximate surface area is 186 Å². The van der Waals surface area contributed by atoms with Crippen molar-refractivity contribution >= 4 is 29.9 Å². The van der Waals surface area contributed by atoms with E-state index in [2.05, 4.69) is 15.3 Å². The van der Waals surface area contributed by atoms with E-state index >= 15 is 0 Å². The highest BCUT2D eigenvalue weighted by atomic mass is 127. The van der Waals surface area contributed by atoms with Gasteiger partial charge in [-0.1, -0.05) is 6.07 Å². The average molecular weight is 527 g/mol. The van der Waals surface area contributed by atoms with Crippen LogP contribution in [0.25, 0.3) is 0 Å². The second-order valence-corrected chi connectivity index (χ2v) is 7.40. The fraction of sp³-hybridized carbons (Fsp3) is 0.684. The van der Waals surface area contributed by atoms with Crippen LogP contribution >= 0.6 is 24.0 Å². The fourth-order valence-corrected chi connectivity index (χ4v) is 3.13. The Morgan fingerprint density at radius 1 is 1.28 bits per heavy atom. The number of pyridine rings is 1. The predicted octanol–water partition coefficient (Wildman–Crippen LogP) is 3.13. The Kier molecular flexibility index (Phi) is 8.80. The van der Waals surface area contributed by atoms with Crippen molar-refractivity contribution in [1.82, 2.24) is 20.1 Å². The maximum absolute atomic E-state index is 12.9. The van der Waals surface area contributed by atoms with Crippen molar-refractivity contribution in [3.8, 4) is 5.88 Å². The number of guanidine groups is 1. The zero-order valence-corrected chi connectivity index (χ0v) is 19.1. The molecule has 1 aromatic rings. The molecule has 6 nitrogen and oxygen atoms in total. The lowest BCUT2D eigenvalue weighted by Gasteiger charge is -2.39. The van der Waals surface area contributed by atoms with E-state index in [0.717, 1.165) is 12.2 Å². The van der Waals surface area contributed by atoms with Crippen molar-refractivity contribution < 1.29 is 17.9 Å². The summed E-state index contributed by atoms with van der Waals surface area (Å²) in [6.45, 7) is 4.22. The molecule has 2 aliphatic rings. The van der Waals surface area contributed by atoms with E-state index in [1.807, 2.05) is 17.0 Å². The van der Waals surface area contributed by atoms with Crippen LogP contribution in [0.5, 0.6) is 5.88 Å². The molecule has 0 amide bonds. The standard InChI is InChI=1S/C19H28F3N5O.HI/c1-14(19(20,21)22)26-7-9-27(10-8-26)18(23-2)25-12-16-5-6-17(24-11-16)28-13-15-3-4-15;/h5-6,11,14-15H,3-4,7-10,12-13H2,1-2H3,(H,23,25);1H. The molecule has 164 valence electrons. The van der Waals surface area contributed by atoms with Crippen LogP contribution in [-0.2, 0) is 6.54 Å². The number of ether oxygens (including phenoxy) is 1. The van der Waals surface area contributed by atoms with Crippen molar-refractivity contribution in [2.75, 3.05) is 39.8 Å². The Morgan fingerprint density at radius 2 is 1.97 bits per heavy atom. The van der Waals surface area contributed by atoms with E-state index in [0.29, 0.717) is 50.5 Å². The van der Waals surface area contributed by atoms with Crippen LogP contribution in [0.15, 0.2) is 23.3 Å². The first-order chi connectivity index (χ1) is 13.4. The van der Waals surface area contributed by atoms with E-state index < -0.39 is 12.2 Å². The number of nitrogens with one attached hydrogen (secondary N) is 1. The number of hydrogen-bond acceptors (Lipinski definition) is 4. The fourth-order valence-electron chi connectivity index (χ4n) is 3.13. The highest BCUT2D eigenvalue weighted by Crippen LogP contribution is 2.29. The number of aliphatic imine (C=N–C) groups is 1. The lowest BCUT2D eigenvalue weighted by atomic mass is 10.2. The first kappa shape index (κ1) is 24.0.